The maximum atomic E-state index is 14.3. The van der Waals surface area contributed by atoms with E-state index in [9.17, 15) is 9.59 Å². The Balaban J connectivity index is 1.58. The molecule has 0 amide bonds. The average molecular weight is 483 g/mol. The van der Waals surface area contributed by atoms with E-state index in [4.69, 9.17) is 4.74 Å². The van der Waals surface area contributed by atoms with Crippen molar-refractivity contribution >= 4 is 11.8 Å². The summed E-state index contributed by atoms with van der Waals surface area (Å²) in [7, 11) is 0. The monoisotopic (exact) mass is 482 g/mol. The van der Waals surface area contributed by atoms with Gasteiger partial charge in [0.1, 0.15) is 6.10 Å². The van der Waals surface area contributed by atoms with Crippen LogP contribution in [0.4, 0.5) is 0 Å². The van der Waals surface area contributed by atoms with Crippen LogP contribution in [0.25, 0.3) is 0 Å². The molecule has 4 saturated carbocycles. The van der Waals surface area contributed by atoms with E-state index in [1.807, 2.05) is 0 Å². The van der Waals surface area contributed by atoms with Gasteiger partial charge in [0.05, 0.1) is 0 Å². The number of esters is 1. The number of carbonyl (C=O) groups is 2. The van der Waals surface area contributed by atoms with Gasteiger partial charge in [-0.1, -0.05) is 61.0 Å². The largest absolute Gasteiger partial charge is 0.462 e. The van der Waals surface area contributed by atoms with Gasteiger partial charge in [-0.2, -0.15) is 0 Å². The number of allylic oxidation sites excluding steroid dienone is 2. The molecular weight excluding hydrogens is 432 g/mol. The smallest absolute Gasteiger partial charge is 0.302 e. The molecule has 5 aliphatic carbocycles. The molecule has 4 fully saturated rings. The Morgan fingerprint density at radius 3 is 2.20 bits per heavy atom. The number of rotatable bonds is 1. The van der Waals surface area contributed by atoms with Crippen molar-refractivity contribution in [2.45, 2.75) is 126 Å². The van der Waals surface area contributed by atoms with Crippen LogP contribution in [0.5, 0.6) is 0 Å². The second-order valence-electron chi connectivity index (χ2n) is 15.8. The summed E-state index contributed by atoms with van der Waals surface area (Å²) in [5, 5.41) is 0. The second-order valence-corrected chi connectivity index (χ2v) is 15.8. The van der Waals surface area contributed by atoms with Gasteiger partial charge in [-0.25, -0.2) is 0 Å². The summed E-state index contributed by atoms with van der Waals surface area (Å²) in [6, 6.07) is 0. The van der Waals surface area contributed by atoms with Crippen LogP contribution >= 0.6 is 0 Å². The van der Waals surface area contributed by atoms with Crippen molar-refractivity contribution in [1.82, 2.24) is 0 Å². The zero-order valence-electron chi connectivity index (χ0n) is 24.0. The molecule has 35 heavy (non-hydrogen) atoms. The van der Waals surface area contributed by atoms with Crippen molar-refractivity contribution in [3.8, 4) is 0 Å². The van der Waals surface area contributed by atoms with Gasteiger partial charge >= 0.3 is 5.97 Å². The van der Waals surface area contributed by atoms with E-state index in [1.165, 1.54) is 44.6 Å². The lowest BCUT2D eigenvalue weighted by Crippen LogP contribution is -2.66. The van der Waals surface area contributed by atoms with Crippen LogP contribution in [0, 0.1) is 50.2 Å². The van der Waals surface area contributed by atoms with Gasteiger partial charge in [0.25, 0.3) is 0 Å². The summed E-state index contributed by atoms with van der Waals surface area (Å²) in [5.41, 5.74) is 2.12. The highest BCUT2D eigenvalue weighted by molar-refractivity contribution is 5.95. The Morgan fingerprint density at radius 2 is 1.54 bits per heavy atom. The van der Waals surface area contributed by atoms with E-state index in [0.29, 0.717) is 28.4 Å². The third-order valence-corrected chi connectivity index (χ3v) is 13.0. The minimum absolute atomic E-state index is 0.00726. The summed E-state index contributed by atoms with van der Waals surface area (Å²) in [6.07, 6.45) is 12.5. The molecule has 0 saturated heterocycles. The maximum Gasteiger partial charge on any atom is 0.302 e. The van der Waals surface area contributed by atoms with Crippen LogP contribution in [0.15, 0.2) is 11.6 Å². The average Bonchev–Trinajstić information content (AvgIpc) is 2.72. The summed E-state index contributed by atoms with van der Waals surface area (Å²) in [5.74, 6) is 1.20. The topological polar surface area (TPSA) is 43.4 Å². The molecule has 3 heteroatoms. The molecule has 0 aliphatic heterocycles. The van der Waals surface area contributed by atoms with Crippen molar-refractivity contribution in [2.75, 3.05) is 0 Å². The minimum atomic E-state index is -0.179. The molecule has 0 N–H and O–H groups in total. The highest BCUT2D eigenvalue weighted by Crippen LogP contribution is 2.75. The molecule has 0 aromatic rings. The van der Waals surface area contributed by atoms with E-state index in [0.717, 1.165) is 25.7 Å². The molecule has 3 nitrogen and oxygen atoms in total. The van der Waals surface area contributed by atoms with Crippen molar-refractivity contribution in [3.63, 3.8) is 0 Å². The maximum absolute atomic E-state index is 14.3. The molecule has 0 aromatic carbocycles. The third kappa shape index (κ3) is 3.34. The van der Waals surface area contributed by atoms with Crippen LogP contribution in [0.3, 0.4) is 0 Å². The summed E-state index contributed by atoms with van der Waals surface area (Å²) in [4.78, 5) is 26.2. The van der Waals surface area contributed by atoms with Crippen LogP contribution in [-0.2, 0) is 14.3 Å². The summed E-state index contributed by atoms with van der Waals surface area (Å²) >= 11 is 0. The minimum Gasteiger partial charge on any atom is -0.462 e. The van der Waals surface area contributed by atoms with Crippen molar-refractivity contribution < 1.29 is 14.3 Å². The fourth-order valence-electron chi connectivity index (χ4n) is 10.7. The predicted molar refractivity (Wildman–Crippen MR) is 141 cm³/mol. The summed E-state index contributed by atoms with van der Waals surface area (Å²) in [6.45, 7) is 20.9. The van der Waals surface area contributed by atoms with Gasteiger partial charge in [-0.05, 0) is 103 Å². The fourth-order valence-corrected chi connectivity index (χ4v) is 10.7. The Bertz CT molecular complexity index is 973. The Kier molecular flexibility index (Phi) is 5.45. The van der Waals surface area contributed by atoms with E-state index in [1.54, 1.807) is 0 Å². The quantitative estimate of drug-likeness (QED) is 0.357. The SMILES string of the molecule is CC(=O)O[C@H]1CC[C@]2(C)[C@H]3C(=O)C=C4[C@@H]5CC(C)(C)CC[C@]5(C)CC[C@@]4(C)[C@]3(C)CC[C@H]2C1(C)C. The molecule has 5 rings (SSSR count). The normalized spacial score (nSPS) is 50.1. The number of ether oxygens (including phenoxy) is 1. The number of fused-ring (bicyclic) bond motifs is 7. The Morgan fingerprint density at radius 1 is 0.886 bits per heavy atom. The Labute approximate surface area is 214 Å². The number of carbonyl (C=O) groups excluding carboxylic acids is 2. The predicted octanol–water partition coefficient (Wildman–Crippen LogP) is 7.92. The number of hydrogen-bond donors (Lipinski definition) is 0. The fraction of sp³-hybridized carbons (Fsp3) is 0.875. The molecule has 0 aromatic heterocycles. The summed E-state index contributed by atoms with van der Waals surface area (Å²) < 4.78 is 5.85. The van der Waals surface area contributed by atoms with Crippen LogP contribution in [-0.4, -0.2) is 17.9 Å². The molecule has 0 bridgehead atoms. The highest BCUT2D eigenvalue weighted by atomic mass is 16.5. The van der Waals surface area contributed by atoms with E-state index >= 15 is 0 Å². The highest BCUT2D eigenvalue weighted by Gasteiger charge is 2.70. The van der Waals surface area contributed by atoms with E-state index < -0.39 is 0 Å². The molecule has 0 spiro atoms. The first-order chi connectivity index (χ1) is 16.0. The lowest BCUT2D eigenvalue weighted by Gasteiger charge is -2.70. The molecule has 5 aliphatic rings. The molecular formula is C32H50O3. The van der Waals surface area contributed by atoms with Crippen LogP contribution in [0.2, 0.25) is 0 Å². The molecule has 0 radical (unpaired) electrons. The van der Waals surface area contributed by atoms with Gasteiger partial charge in [0, 0.05) is 18.3 Å². The first kappa shape index (κ1) is 25.5. The van der Waals surface area contributed by atoms with Gasteiger partial charge in [0.2, 0.25) is 0 Å². The van der Waals surface area contributed by atoms with Crippen molar-refractivity contribution in [1.29, 1.82) is 0 Å². The zero-order chi connectivity index (χ0) is 25.8. The van der Waals surface area contributed by atoms with Gasteiger partial charge in [0.15, 0.2) is 5.78 Å². The second kappa shape index (κ2) is 7.47. The molecule has 196 valence electrons. The van der Waals surface area contributed by atoms with Crippen LogP contribution < -0.4 is 0 Å². The van der Waals surface area contributed by atoms with Crippen molar-refractivity contribution in [2.24, 2.45) is 50.2 Å². The number of hydrogen-bond acceptors (Lipinski definition) is 3. The van der Waals surface area contributed by atoms with E-state index in [2.05, 4.69) is 61.5 Å². The van der Waals surface area contributed by atoms with Crippen molar-refractivity contribution in [3.05, 3.63) is 11.6 Å². The molecule has 0 unspecified atom stereocenters. The van der Waals surface area contributed by atoms with E-state index in [-0.39, 0.29) is 39.7 Å². The van der Waals surface area contributed by atoms with Gasteiger partial charge in [-0.15, -0.1) is 0 Å². The number of ketones is 1. The van der Waals surface area contributed by atoms with Gasteiger partial charge < -0.3 is 4.74 Å². The molecule has 8 atom stereocenters. The lowest BCUT2D eigenvalue weighted by molar-refractivity contribution is -0.210. The lowest BCUT2D eigenvalue weighted by atomic mass is 9.33. The van der Waals surface area contributed by atoms with Gasteiger partial charge in [-0.3, -0.25) is 9.59 Å². The standard InChI is InChI=1S/C32H50O3/c1-20(33)35-25-11-12-30(7)24(28(25,4)5)10-13-32(9)26(30)23(34)18-21-22-19-27(2,3)14-15-29(22,6)16-17-31(21,32)8/h18,22,24-26H,10-17,19H2,1-9H3/t22-,24-,25-,26+,29+,30-,31+,32+/m0/s1. The Hall–Kier alpha value is -1.12. The first-order valence-electron chi connectivity index (χ1n) is 14.4. The third-order valence-electron chi connectivity index (χ3n) is 13.0. The first-order valence-corrected chi connectivity index (χ1v) is 14.4. The molecule has 0 heterocycles. The van der Waals surface area contributed by atoms with Crippen LogP contribution in [0.1, 0.15) is 120 Å². The zero-order valence-corrected chi connectivity index (χ0v) is 24.0.